The van der Waals surface area contributed by atoms with Gasteiger partial charge < -0.3 is 14.8 Å². The van der Waals surface area contributed by atoms with E-state index in [-0.39, 0.29) is 6.10 Å². The molecule has 0 saturated heterocycles. The summed E-state index contributed by atoms with van der Waals surface area (Å²) in [5, 5.41) is 3.83. The molecule has 18 heavy (non-hydrogen) atoms. The first-order chi connectivity index (χ1) is 8.76. The summed E-state index contributed by atoms with van der Waals surface area (Å²) in [6.07, 6.45) is 8.54. The fourth-order valence-corrected chi connectivity index (χ4v) is 3.45. The lowest BCUT2D eigenvalue weighted by Crippen LogP contribution is -2.62. The molecule has 2 saturated carbocycles. The van der Waals surface area contributed by atoms with Gasteiger partial charge in [-0.15, -0.1) is 0 Å². The van der Waals surface area contributed by atoms with Crippen molar-refractivity contribution in [1.82, 2.24) is 5.32 Å². The smallest absolute Gasteiger partial charge is 0.0986 e. The monoisotopic (exact) mass is 255 g/mol. The van der Waals surface area contributed by atoms with Crippen molar-refractivity contribution in [1.29, 1.82) is 0 Å². The summed E-state index contributed by atoms with van der Waals surface area (Å²) in [6, 6.07) is 1.18. The maximum Gasteiger partial charge on any atom is 0.0986 e. The Labute approximate surface area is 112 Å². The van der Waals surface area contributed by atoms with Crippen LogP contribution in [0.5, 0.6) is 0 Å². The molecule has 0 aromatic rings. The van der Waals surface area contributed by atoms with E-state index in [4.69, 9.17) is 9.47 Å². The fourth-order valence-electron chi connectivity index (χ4n) is 3.45. The summed E-state index contributed by atoms with van der Waals surface area (Å²) in [5.74, 6) is 0.802. The zero-order chi connectivity index (χ0) is 13.0. The Morgan fingerprint density at radius 2 is 1.89 bits per heavy atom. The fraction of sp³-hybridized carbons (Fsp3) is 1.00. The van der Waals surface area contributed by atoms with E-state index in [9.17, 15) is 0 Å². The normalized spacial score (nSPS) is 41.2. The van der Waals surface area contributed by atoms with Crippen LogP contribution in [-0.2, 0) is 9.47 Å². The molecule has 2 rings (SSSR count). The van der Waals surface area contributed by atoms with Crippen LogP contribution in [0.4, 0.5) is 0 Å². The van der Waals surface area contributed by atoms with E-state index in [1.165, 1.54) is 32.1 Å². The van der Waals surface area contributed by atoms with Gasteiger partial charge in [-0.3, -0.25) is 0 Å². The molecule has 0 spiro atoms. The predicted molar refractivity (Wildman–Crippen MR) is 73.8 cm³/mol. The first kappa shape index (κ1) is 14.3. The van der Waals surface area contributed by atoms with Gasteiger partial charge in [0.05, 0.1) is 12.2 Å². The quantitative estimate of drug-likeness (QED) is 0.766. The lowest BCUT2D eigenvalue weighted by molar-refractivity contribution is -0.134. The van der Waals surface area contributed by atoms with Crippen LogP contribution in [0.3, 0.4) is 0 Å². The Hall–Kier alpha value is -0.120. The minimum atomic E-state index is 0.250. The van der Waals surface area contributed by atoms with E-state index in [2.05, 4.69) is 19.2 Å². The number of ether oxygens (including phenoxy) is 2. The van der Waals surface area contributed by atoms with Crippen molar-refractivity contribution >= 4 is 0 Å². The van der Waals surface area contributed by atoms with Gasteiger partial charge >= 0.3 is 0 Å². The van der Waals surface area contributed by atoms with Crippen LogP contribution < -0.4 is 5.32 Å². The second-order valence-corrected chi connectivity index (χ2v) is 5.92. The van der Waals surface area contributed by atoms with Gasteiger partial charge in [0.15, 0.2) is 0 Å². The van der Waals surface area contributed by atoms with Crippen LogP contribution in [0.2, 0.25) is 0 Å². The zero-order valence-corrected chi connectivity index (χ0v) is 12.2. The van der Waals surface area contributed by atoms with Gasteiger partial charge in [0.1, 0.15) is 0 Å². The van der Waals surface area contributed by atoms with E-state index in [1.807, 2.05) is 0 Å². The maximum atomic E-state index is 5.69. The number of rotatable bonds is 5. The molecule has 0 heterocycles. The molecule has 0 amide bonds. The minimum absolute atomic E-state index is 0.250. The Morgan fingerprint density at radius 1 is 1.11 bits per heavy atom. The molecular formula is C15H29NO2. The van der Waals surface area contributed by atoms with Gasteiger partial charge in [0, 0.05) is 25.8 Å². The van der Waals surface area contributed by atoms with E-state index in [0.717, 1.165) is 18.9 Å². The average Bonchev–Trinajstić information content (AvgIpc) is 2.53. The molecule has 5 atom stereocenters. The van der Waals surface area contributed by atoms with Crippen molar-refractivity contribution in [3.8, 4) is 0 Å². The van der Waals surface area contributed by atoms with Crippen molar-refractivity contribution in [2.24, 2.45) is 5.92 Å². The zero-order valence-electron chi connectivity index (χ0n) is 12.2. The van der Waals surface area contributed by atoms with Crippen molar-refractivity contribution in [3.63, 3.8) is 0 Å². The van der Waals surface area contributed by atoms with Gasteiger partial charge in [0.25, 0.3) is 0 Å². The Morgan fingerprint density at radius 3 is 2.61 bits per heavy atom. The molecule has 1 N–H and O–H groups in total. The van der Waals surface area contributed by atoms with Crippen molar-refractivity contribution in [3.05, 3.63) is 0 Å². The highest BCUT2D eigenvalue weighted by Crippen LogP contribution is 2.30. The summed E-state index contributed by atoms with van der Waals surface area (Å²) in [6.45, 7) is 5.24. The van der Waals surface area contributed by atoms with Gasteiger partial charge in [-0.2, -0.15) is 0 Å². The van der Waals surface area contributed by atoms with E-state index in [0.29, 0.717) is 18.2 Å². The number of hydrogen-bond donors (Lipinski definition) is 1. The second kappa shape index (κ2) is 6.88. The minimum Gasteiger partial charge on any atom is -0.377 e. The Bertz CT molecular complexity index is 247. The van der Waals surface area contributed by atoms with Crippen molar-refractivity contribution in [2.75, 3.05) is 13.7 Å². The Kier molecular flexibility index (Phi) is 5.46. The molecule has 2 fully saturated rings. The van der Waals surface area contributed by atoms with Gasteiger partial charge in [-0.05, 0) is 32.1 Å². The standard InChI is InChI=1S/C15H29NO2/c1-4-18-14-10-13(15(14)17-3)16-12-9-7-5-6-8-11(12)2/h11-16H,4-10H2,1-3H3. The SMILES string of the molecule is CCOC1CC(NC2CCCCCC2C)C1OC. The van der Waals surface area contributed by atoms with Crippen molar-refractivity contribution in [2.45, 2.75) is 76.7 Å². The highest BCUT2D eigenvalue weighted by molar-refractivity contribution is 4.99. The van der Waals surface area contributed by atoms with Crippen LogP contribution >= 0.6 is 0 Å². The Balaban J connectivity index is 1.82. The molecule has 5 unspecified atom stereocenters. The summed E-state index contributed by atoms with van der Waals surface area (Å²) in [5.41, 5.74) is 0. The molecule has 3 heteroatoms. The first-order valence-electron chi connectivity index (χ1n) is 7.66. The summed E-state index contributed by atoms with van der Waals surface area (Å²) in [7, 11) is 1.81. The van der Waals surface area contributed by atoms with Crippen LogP contribution in [0.15, 0.2) is 0 Å². The number of methoxy groups -OCH3 is 1. The third-order valence-electron chi connectivity index (χ3n) is 4.69. The molecular weight excluding hydrogens is 226 g/mol. The molecule has 2 aliphatic rings. The number of nitrogens with one attached hydrogen (secondary N) is 1. The second-order valence-electron chi connectivity index (χ2n) is 5.92. The molecule has 0 aromatic heterocycles. The number of hydrogen-bond acceptors (Lipinski definition) is 3. The topological polar surface area (TPSA) is 30.5 Å². The molecule has 2 aliphatic carbocycles. The van der Waals surface area contributed by atoms with Gasteiger partial charge in [0.2, 0.25) is 0 Å². The highest BCUT2D eigenvalue weighted by Gasteiger charge is 2.43. The third kappa shape index (κ3) is 3.25. The predicted octanol–water partition coefficient (Wildman–Crippen LogP) is 2.74. The molecule has 106 valence electrons. The lowest BCUT2D eigenvalue weighted by atomic mass is 9.83. The maximum absolute atomic E-state index is 5.69. The molecule has 0 aromatic carbocycles. The summed E-state index contributed by atoms with van der Waals surface area (Å²) < 4.78 is 11.3. The first-order valence-corrected chi connectivity index (χ1v) is 7.66. The average molecular weight is 255 g/mol. The molecule has 0 radical (unpaired) electrons. The van der Waals surface area contributed by atoms with Crippen LogP contribution in [0, 0.1) is 5.92 Å². The van der Waals surface area contributed by atoms with Gasteiger partial charge in [-0.25, -0.2) is 0 Å². The third-order valence-corrected chi connectivity index (χ3v) is 4.69. The highest BCUT2D eigenvalue weighted by atomic mass is 16.5. The lowest BCUT2D eigenvalue weighted by Gasteiger charge is -2.45. The van der Waals surface area contributed by atoms with Gasteiger partial charge in [-0.1, -0.05) is 26.2 Å². The summed E-state index contributed by atoms with van der Waals surface area (Å²) >= 11 is 0. The molecule has 3 nitrogen and oxygen atoms in total. The van der Waals surface area contributed by atoms with E-state index in [1.54, 1.807) is 7.11 Å². The van der Waals surface area contributed by atoms with E-state index >= 15 is 0 Å². The summed E-state index contributed by atoms with van der Waals surface area (Å²) in [4.78, 5) is 0. The van der Waals surface area contributed by atoms with Crippen LogP contribution in [-0.4, -0.2) is 38.0 Å². The van der Waals surface area contributed by atoms with Crippen molar-refractivity contribution < 1.29 is 9.47 Å². The van der Waals surface area contributed by atoms with Crippen LogP contribution in [0.1, 0.15) is 52.4 Å². The largest absolute Gasteiger partial charge is 0.377 e. The van der Waals surface area contributed by atoms with E-state index < -0.39 is 0 Å². The molecule has 0 aliphatic heterocycles. The van der Waals surface area contributed by atoms with Crippen LogP contribution in [0.25, 0.3) is 0 Å². The molecule has 0 bridgehead atoms.